The van der Waals surface area contributed by atoms with E-state index in [0.29, 0.717) is 10.8 Å². The van der Waals surface area contributed by atoms with E-state index >= 15 is 0 Å². The van der Waals surface area contributed by atoms with Crippen molar-refractivity contribution in [3.63, 3.8) is 0 Å². The molecule has 3 nitrogen and oxygen atoms in total. The molecule has 0 aliphatic carbocycles. The second-order valence-electron chi connectivity index (χ2n) is 3.29. The van der Waals surface area contributed by atoms with E-state index < -0.39 is 0 Å². The van der Waals surface area contributed by atoms with Gasteiger partial charge in [-0.05, 0) is 24.6 Å². The largest absolute Gasteiger partial charge is 0.484 e. The molecule has 0 amide bonds. The first kappa shape index (κ1) is 13.5. The Morgan fingerprint density at radius 3 is 2.69 bits per heavy atom. The number of Topliss-reactive ketones (excluding diaryl/α,β-unsaturated/α-hetero) is 1. The highest BCUT2D eigenvalue weighted by atomic mass is 79.9. The molecule has 1 rings (SSSR count). The Kier molecular flexibility index (Phi) is 5.25. The molecule has 0 spiro atoms. The Morgan fingerprint density at radius 2 is 2.12 bits per heavy atom. The van der Waals surface area contributed by atoms with Crippen LogP contribution in [0.25, 0.3) is 0 Å². The smallest absolute Gasteiger partial charge is 0.195 e. The fraction of sp³-hybridized carbons (Fsp3) is 0.364. The van der Waals surface area contributed by atoms with Crippen molar-refractivity contribution in [2.24, 2.45) is 0 Å². The van der Waals surface area contributed by atoms with Crippen molar-refractivity contribution in [1.29, 1.82) is 0 Å². The molecule has 1 aromatic carbocycles. The highest BCUT2D eigenvalue weighted by molar-refractivity contribution is 9.10. The average molecular weight is 308 g/mol. The molecule has 16 heavy (non-hydrogen) atoms. The summed E-state index contributed by atoms with van der Waals surface area (Å²) >= 11 is 9.32. The highest BCUT2D eigenvalue weighted by Crippen LogP contribution is 2.31. The van der Waals surface area contributed by atoms with Gasteiger partial charge in [0.1, 0.15) is 19.0 Å². The van der Waals surface area contributed by atoms with Crippen LogP contribution in [-0.2, 0) is 9.53 Å². The molecule has 0 radical (unpaired) electrons. The molecule has 0 aliphatic heterocycles. The summed E-state index contributed by atoms with van der Waals surface area (Å²) in [5, 5.41) is 0.483. The molecule has 0 aliphatic rings. The number of ether oxygens (including phenoxy) is 2. The van der Waals surface area contributed by atoms with Crippen molar-refractivity contribution in [2.75, 3.05) is 20.3 Å². The lowest BCUT2D eigenvalue weighted by Crippen LogP contribution is -2.16. The lowest BCUT2D eigenvalue weighted by atomic mass is 10.2. The Hall–Kier alpha value is -0.580. The van der Waals surface area contributed by atoms with Gasteiger partial charge in [-0.3, -0.25) is 4.79 Å². The van der Waals surface area contributed by atoms with Crippen molar-refractivity contribution in [3.05, 3.63) is 27.2 Å². The first-order chi connectivity index (χ1) is 7.54. The van der Waals surface area contributed by atoms with Crippen molar-refractivity contribution >= 4 is 33.3 Å². The zero-order valence-corrected chi connectivity index (χ0v) is 11.4. The van der Waals surface area contributed by atoms with Crippen LogP contribution in [0.3, 0.4) is 0 Å². The molecule has 0 atom stereocenters. The Balaban J connectivity index is 2.70. The van der Waals surface area contributed by atoms with E-state index in [4.69, 9.17) is 21.1 Å². The van der Waals surface area contributed by atoms with Crippen molar-refractivity contribution in [2.45, 2.75) is 6.92 Å². The standard InChI is InChI=1S/C11H12BrClO3/c1-7-3-8(12)4-10(13)11(7)16-6-9(14)5-15-2/h3-4H,5-6H2,1-2H3. The van der Waals surface area contributed by atoms with Crippen LogP contribution >= 0.6 is 27.5 Å². The zero-order valence-electron chi connectivity index (χ0n) is 9.05. The second kappa shape index (κ2) is 6.23. The highest BCUT2D eigenvalue weighted by Gasteiger charge is 2.09. The van der Waals surface area contributed by atoms with Gasteiger partial charge < -0.3 is 9.47 Å². The quantitative estimate of drug-likeness (QED) is 0.839. The van der Waals surface area contributed by atoms with Crippen LogP contribution in [-0.4, -0.2) is 26.1 Å². The summed E-state index contributed by atoms with van der Waals surface area (Å²) in [7, 11) is 1.47. The summed E-state index contributed by atoms with van der Waals surface area (Å²) < 4.78 is 10.9. The van der Waals surface area contributed by atoms with Gasteiger partial charge in [-0.15, -0.1) is 0 Å². The number of hydrogen-bond donors (Lipinski definition) is 0. The van der Waals surface area contributed by atoms with Crippen LogP contribution in [0.1, 0.15) is 5.56 Å². The molecule has 0 saturated carbocycles. The summed E-state index contributed by atoms with van der Waals surface area (Å²) in [6.45, 7) is 1.88. The van der Waals surface area contributed by atoms with Crippen LogP contribution < -0.4 is 4.74 Å². The molecule has 0 heterocycles. The van der Waals surface area contributed by atoms with Crippen LogP contribution in [0.15, 0.2) is 16.6 Å². The summed E-state index contributed by atoms with van der Waals surface area (Å²) in [4.78, 5) is 11.2. The molecular weight excluding hydrogens is 295 g/mol. The number of carbonyl (C=O) groups is 1. The van der Waals surface area contributed by atoms with Crippen molar-refractivity contribution in [3.8, 4) is 5.75 Å². The van der Waals surface area contributed by atoms with Crippen LogP contribution in [0.2, 0.25) is 5.02 Å². The predicted octanol–water partition coefficient (Wildman–Crippen LogP) is 3.01. The fourth-order valence-corrected chi connectivity index (χ4v) is 2.25. The molecule has 88 valence electrons. The lowest BCUT2D eigenvalue weighted by Gasteiger charge is -2.10. The van der Waals surface area contributed by atoms with Crippen LogP contribution in [0.5, 0.6) is 5.75 Å². The van der Waals surface area contributed by atoms with Gasteiger partial charge in [0.05, 0.1) is 5.02 Å². The zero-order chi connectivity index (χ0) is 12.1. The molecule has 0 saturated heterocycles. The number of aryl methyl sites for hydroxylation is 1. The summed E-state index contributed by atoms with van der Waals surface area (Å²) in [6, 6.07) is 3.60. The third-order valence-electron chi connectivity index (χ3n) is 1.88. The molecule has 0 fully saturated rings. The van der Waals surface area contributed by atoms with Gasteiger partial charge in [0.15, 0.2) is 5.78 Å². The number of rotatable bonds is 5. The van der Waals surface area contributed by atoms with E-state index in [1.807, 2.05) is 13.0 Å². The van der Waals surface area contributed by atoms with E-state index in [9.17, 15) is 4.79 Å². The average Bonchev–Trinajstić information content (AvgIpc) is 2.16. The van der Waals surface area contributed by atoms with Crippen LogP contribution in [0.4, 0.5) is 0 Å². The van der Waals surface area contributed by atoms with Gasteiger partial charge in [0.2, 0.25) is 0 Å². The predicted molar refractivity (Wildman–Crippen MR) is 66.3 cm³/mol. The molecule has 0 aromatic heterocycles. The molecule has 1 aromatic rings. The number of halogens is 2. The summed E-state index contributed by atoms with van der Waals surface area (Å²) in [6.07, 6.45) is 0. The van der Waals surface area contributed by atoms with E-state index in [2.05, 4.69) is 15.9 Å². The minimum absolute atomic E-state index is 0.0317. The fourth-order valence-electron chi connectivity index (χ4n) is 1.23. The third-order valence-corrected chi connectivity index (χ3v) is 2.62. The topological polar surface area (TPSA) is 35.5 Å². The van der Waals surface area contributed by atoms with E-state index in [0.717, 1.165) is 10.0 Å². The molecular formula is C11H12BrClO3. The van der Waals surface area contributed by atoms with Gasteiger partial charge in [-0.25, -0.2) is 0 Å². The van der Waals surface area contributed by atoms with E-state index in [1.54, 1.807) is 6.07 Å². The van der Waals surface area contributed by atoms with Crippen molar-refractivity contribution in [1.82, 2.24) is 0 Å². The summed E-state index contributed by atoms with van der Waals surface area (Å²) in [5.74, 6) is 0.412. The van der Waals surface area contributed by atoms with Crippen LogP contribution in [0, 0.1) is 6.92 Å². The number of benzene rings is 1. The lowest BCUT2D eigenvalue weighted by molar-refractivity contribution is -0.124. The number of carbonyl (C=O) groups excluding carboxylic acids is 1. The first-order valence-electron chi connectivity index (χ1n) is 4.63. The van der Waals surface area contributed by atoms with E-state index in [-0.39, 0.29) is 19.0 Å². The Labute approximate surface area is 108 Å². The minimum Gasteiger partial charge on any atom is -0.484 e. The van der Waals surface area contributed by atoms with Crippen molar-refractivity contribution < 1.29 is 14.3 Å². The maximum atomic E-state index is 11.2. The monoisotopic (exact) mass is 306 g/mol. The third kappa shape index (κ3) is 3.77. The Morgan fingerprint density at radius 1 is 1.44 bits per heavy atom. The molecule has 0 bridgehead atoms. The second-order valence-corrected chi connectivity index (χ2v) is 4.62. The first-order valence-corrected chi connectivity index (χ1v) is 5.80. The van der Waals surface area contributed by atoms with Gasteiger partial charge in [0.25, 0.3) is 0 Å². The molecule has 0 N–H and O–H groups in total. The number of ketones is 1. The minimum atomic E-state index is -0.124. The SMILES string of the molecule is COCC(=O)COc1c(C)cc(Br)cc1Cl. The Bertz CT molecular complexity index is 370. The maximum absolute atomic E-state index is 11.2. The summed E-state index contributed by atoms with van der Waals surface area (Å²) in [5.41, 5.74) is 0.879. The van der Waals surface area contributed by atoms with Gasteiger partial charge in [-0.1, -0.05) is 27.5 Å². The van der Waals surface area contributed by atoms with Gasteiger partial charge in [0, 0.05) is 11.6 Å². The number of hydrogen-bond acceptors (Lipinski definition) is 3. The van der Waals surface area contributed by atoms with E-state index in [1.165, 1.54) is 7.11 Å². The molecule has 5 heteroatoms. The number of methoxy groups -OCH3 is 1. The normalized spacial score (nSPS) is 10.2. The molecule has 0 unspecified atom stereocenters. The van der Waals surface area contributed by atoms with Gasteiger partial charge in [-0.2, -0.15) is 0 Å². The maximum Gasteiger partial charge on any atom is 0.195 e. The van der Waals surface area contributed by atoms with Gasteiger partial charge >= 0.3 is 0 Å².